The van der Waals surface area contributed by atoms with Gasteiger partial charge in [-0.1, -0.05) is 12.1 Å². The van der Waals surface area contributed by atoms with Crippen molar-refractivity contribution >= 4 is 63.3 Å². The van der Waals surface area contributed by atoms with Crippen molar-refractivity contribution in [2.75, 3.05) is 5.32 Å². The van der Waals surface area contributed by atoms with E-state index in [0.717, 1.165) is 14.2 Å². The maximum absolute atomic E-state index is 12.4. The normalized spacial score (nSPS) is 14.0. The minimum absolute atomic E-state index is 0.0969. The second-order valence-corrected chi connectivity index (χ2v) is 7.31. The van der Waals surface area contributed by atoms with Gasteiger partial charge in [-0.25, -0.2) is 0 Å². The lowest BCUT2D eigenvalue weighted by Gasteiger charge is -2.22. The number of thiocarbonyl (C=S) groups is 1. The van der Waals surface area contributed by atoms with Crippen LogP contribution in [-0.4, -0.2) is 33.8 Å². The summed E-state index contributed by atoms with van der Waals surface area (Å²) in [5, 5.41) is 5.51. The highest BCUT2D eigenvalue weighted by molar-refractivity contribution is 14.1. The van der Waals surface area contributed by atoms with Gasteiger partial charge in [-0.3, -0.25) is 19.3 Å². The van der Waals surface area contributed by atoms with Crippen molar-refractivity contribution < 1.29 is 14.4 Å². The number of amides is 3. The van der Waals surface area contributed by atoms with Crippen molar-refractivity contribution in [3.05, 3.63) is 63.2 Å². The standard InChI is InChI=1S/C18H14IN3O3S/c1-10(22-16(24)13-4-2-3-5-14(13)17(22)25)15(23)21-18(26)20-12-8-6-11(19)7-9-12/h2-10H,1H3,(H2,20,21,23,26). The topological polar surface area (TPSA) is 78.5 Å². The van der Waals surface area contributed by atoms with Crippen LogP contribution in [0.25, 0.3) is 0 Å². The number of hydrogen-bond donors (Lipinski definition) is 2. The Hall–Kier alpha value is -2.33. The quantitative estimate of drug-likeness (QED) is 0.402. The van der Waals surface area contributed by atoms with Crippen LogP contribution >= 0.6 is 34.8 Å². The highest BCUT2D eigenvalue weighted by Crippen LogP contribution is 2.24. The van der Waals surface area contributed by atoms with E-state index in [1.807, 2.05) is 24.3 Å². The number of benzene rings is 2. The number of imide groups is 1. The van der Waals surface area contributed by atoms with Gasteiger partial charge in [0.05, 0.1) is 11.1 Å². The molecule has 1 heterocycles. The molecule has 0 aromatic heterocycles. The Morgan fingerprint density at radius 1 is 1.04 bits per heavy atom. The molecule has 1 aliphatic heterocycles. The summed E-state index contributed by atoms with van der Waals surface area (Å²) in [7, 11) is 0. The first-order valence-electron chi connectivity index (χ1n) is 7.73. The maximum Gasteiger partial charge on any atom is 0.262 e. The highest BCUT2D eigenvalue weighted by Gasteiger charge is 2.40. The zero-order valence-corrected chi connectivity index (χ0v) is 16.6. The monoisotopic (exact) mass is 479 g/mol. The third-order valence-electron chi connectivity index (χ3n) is 3.93. The number of anilines is 1. The van der Waals surface area contributed by atoms with Gasteiger partial charge in [-0.2, -0.15) is 0 Å². The first-order valence-corrected chi connectivity index (χ1v) is 9.21. The lowest BCUT2D eigenvalue weighted by atomic mass is 10.1. The Labute approximate surface area is 169 Å². The number of nitrogens with one attached hydrogen (secondary N) is 2. The first-order chi connectivity index (χ1) is 12.4. The van der Waals surface area contributed by atoms with E-state index < -0.39 is 23.8 Å². The van der Waals surface area contributed by atoms with Crippen molar-refractivity contribution in [2.45, 2.75) is 13.0 Å². The number of hydrogen-bond acceptors (Lipinski definition) is 4. The van der Waals surface area contributed by atoms with Gasteiger partial charge in [0, 0.05) is 9.26 Å². The molecule has 2 aromatic carbocycles. The molecule has 3 rings (SSSR count). The van der Waals surface area contributed by atoms with E-state index in [4.69, 9.17) is 12.2 Å². The Kier molecular flexibility index (Phi) is 5.33. The minimum atomic E-state index is -0.987. The smallest absolute Gasteiger partial charge is 0.262 e. The predicted molar refractivity (Wildman–Crippen MR) is 110 cm³/mol. The number of rotatable bonds is 3. The second-order valence-electron chi connectivity index (χ2n) is 5.65. The van der Waals surface area contributed by atoms with Crippen LogP contribution in [0.3, 0.4) is 0 Å². The van der Waals surface area contributed by atoms with Crippen LogP contribution in [0.2, 0.25) is 0 Å². The van der Waals surface area contributed by atoms with Crippen molar-refractivity contribution in [3.63, 3.8) is 0 Å². The van der Waals surface area contributed by atoms with E-state index in [2.05, 4.69) is 33.2 Å². The van der Waals surface area contributed by atoms with Crippen LogP contribution in [0.1, 0.15) is 27.6 Å². The molecule has 1 aliphatic rings. The number of nitrogens with zero attached hydrogens (tertiary/aromatic N) is 1. The number of fused-ring (bicyclic) bond motifs is 1. The van der Waals surface area contributed by atoms with Crippen LogP contribution in [0.4, 0.5) is 5.69 Å². The minimum Gasteiger partial charge on any atom is -0.332 e. The third-order valence-corrected chi connectivity index (χ3v) is 4.85. The van der Waals surface area contributed by atoms with Crippen molar-refractivity contribution in [2.24, 2.45) is 0 Å². The van der Waals surface area contributed by atoms with Crippen LogP contribution in [0, 0.1) is 3.57 Å². The predicted octanol–water partition coefficient (Wildman–Crippen LogP) is 2.79. The zero-order chi connectivity index (χ0) is 18.8. The van der Waals surface area contributed by atoms with Gasteiger partial charge < -0.3 is 10.6 Å². The van der Waals surface area contributed by atoms with Crippen LogP contribution in [-0.2, 0) is 4.79 Å². The third kappa shape index (κ3) is 3.61. The molecule has 0 fully saturated rings. The Balaban J connectivity index is 1.67. The highest BCUT2D eigenvalue weighted by atomic mass is 127. The summed E-state index contributed by atoms with van der Waals surface area (Å²) in [6, 6.07) is 13.0. The summed E-state index contributed by atoms with van der Waals surface area (Å²) in [5.74, 6) is -1.50. The second kappa shape index (κ2) is 7.50. The van der Waals surface area contributed by atoms with Crippen LogP contribution in [0.5, 0.6) is 0 Å². The Morgan fingerprint density at radius 2 is 1.58 bits per heavy atom. The van der Waals surface area contributed by atoms with E-state index in [9.17, 15) is 14.4 Å². The van der Waals surface area contributed by atoms with Gasteiger partial charge in [0.15, 0.2) is 5.11 Å². The average Bonchev–Trinajstić information content (AvgIpc) is 2.87. The molecule has 8 heteroatoms. The summed E-state index contributed by atoms with van der Waals surface area (Å²) in [4.78, 5) is 38.3. The van der Waals surface area contributed by atoms with E-state index in [-0.39, 0.29) is 5.11 Å². The molecular weight excluding hydrogens is 465 g/mol. The van der Waals surface area contributed by atoms with Crippen molar-refractivity contribution in [1.82, 2.24) is 10.2 Å². The molecule has 0 aliphatic carbocycles. The lowest BCUT2D eigenvalue weighted by molar-refractivity contribution is -0.123. The number of carbonyl (C=O) groups excluding carboxylic acids is 3. The number of halogens is 1. The molecule has 0 spiro atoms. The molecule has 6 nitrogen and oxygen atoms in total. The molecule has 132 valence electrons. The molecule has 3 amide bonds. The zero-order valence-electron chi connectivity index (χ0n) is 13.7. The molecule has 0 saturated heterocycles. The average molecular weight is 479 g/mol. The van der Waals surface area contributed by atoms with E-state index in [0.29, 0.717) is 11.1 Å². The van der Waals surface area contributed by atoms with Gasteiger partial charge in [0.25, 0.3) is 11.8 Å². The van der Waals surface area contributed by atoms with Gasteiger partial charge in [-0.05, 0) is 78.1 Å². The summed E-state index contributed by atoms with van der Waals surface area (Å²) in [6.07, 6.45) is 0. The maximum atomic E-state index is 12.4. The molecule has 1 atom stereocenters. The largest absolute Gasteiger partial charge is 0.332 e. The SMILES string of the molecule is CC(C(=O)NC(=S)Nc1ccc(I)cc1)N1C(=O)c2ccccc2C1=O. The summed E-state index contributed by atoms with van der Waals surface area (Å²) in [5.41, 5.74) is 1.33. The van der Waals surface area contributed by atoms with Crippen molar-refractivity contribution in [3.8, 4) is 0 Å². The Morgan fingerprint density at radius 3 is 2.12 bits per heavy atom. The number of carbonyl (C=O) groups is 3. The van der Waals surface area contributed by atoms with E-state index in [1.54, 1.807) is 24.3 Å². The summed E-state index contributed by atoms with van der Waals surface area (Å²) in [6.45, 7) is 1.49. The summed E-state index contributed by atoms with van der Waals surface area (Å²) >= 11 is 7.32. The van der Waals surface area contributed by atoms with Crippen molar-refractivity contribution in [1.29, 1.82) is 0 Å². The lowest BCUT2D eigenvalue weighted by Crippen LogP contribution is -2.50. The Bertz CT molecular complexity index is 879. The molecule has 0 saturated carbocycles. The molecule has 1 unspecified atom stereocenters. The first kappa shape index (κ1) is 18.5. The fourth-order valence-corrected chi connectivity index (χ4v) is 3.17. The van der Waals surface area contributed by atoms with Gasteiger partial charge in [-0.15, -0.1) is 0 Å². The molecule has 2 aromatic rings. The molecule has 26 heavy (non-hydrogen) atoms. The van der Waals surface area contributed by atoms with Gasteiger partial charge in [0.2, 0.25) is 5.91 Å². The molecule has 2 N–H and O–H groups in total. The van der Waals surface area contributed by atoms with Crippen LogP contribution in [0.15, 0.2) is 48.5 Å². The fraction of sp³-hybridized carbons (Fsp3) is 0.111. The van der Waals surface area contributed by atoms with E-state index >= 15 is 0 Å². The molecular formula is C18H14IN3O3S. The summed E-state index contributed by atoms with van der Waals surface area (Å²) < 4.78 is 1.07. The molecule has 0 bridgehead atoms. The van der Waals surface area contributed by atoms with Crippen LogP contribution < -0.4 is 10.6 Å². The van der Waals surface area contributed by atoms with E-state index in [1.165, 1.54) is 6.92 Å². The van der Waals surface area contributed by atoms with Gasteiger partial charge >= 0.3 is 0 Å². The molecule has 0 radical (unpaired) electrons. The van der Waals surface area contributed by atoms with Gasteiger partial charge in [0.1, 0.15) is 6.04 Å². The fourth-order valence-electron chi connectivity index (χ4n) is 2.59.